The summed E-state index contributed by atoms with van der Waals surface area (Å²) in [5, 5.41) is 3.42. The number of benzene rings is 2. The number of rotatable bonds is 2. The average molecular weight is 301 g/mol. The molecule has 3 nitrogen and oxygen atoms in total. The van der Waals surface area contributed by atoms with Crippen LogP contribution < -0.4 is 5.32 Å². The van der Waals surface area contributed by atoms with Crippen LogP contribution in [0.5, 0.6) is 0 Å². The number of fused-ring (bicyclic) bond motifs is 1. The van der Waals surface area contributed by atoms with E-state index in [9.17, 15) is 9.18 Å². The van der Waals surface area contributed by atoms with E-state index in [1.165, 1.54) is 18.2 Å². The van der Waals surface area contributed by atoms with Crippen LogP contribution in [-0.2, 0) is 0 Å². The van der Waals surface area contributed by atoms with Crippen LogP contribution in [0.15, 0.2) is 54.7 Å². The van der Waals surface area contributed by atoms with Gasteiger partial charge in [0.25, 0.3) is 5.91 Å². The van der Waals surface area contributed by atoms with E-state index in [1.54, 1.807) is 24.4 Å². The number of halogens is 2. The average Bonchev–Trinajstić information content (AvgIpc) is 2.50. The van der Waals surface area contributed by atoms with Crippen LogP contribution in [0.25, 0.3) is 10.9 Å². The van der Waals surface area contributed by atoms with E-state index in [-0.39, 0.29) is 10.6 Å². The van der Waals surface area contributed by atoms with Gasteiger partial charge < -0.3 is 5.32 Å². The molecule has 1 N–H and O–H groups in total. The second-order valence-corrected chi connectivity index (χ2v) is 4.84. The summed E-state index contributed by atoms with van der Waals surface area (Å²) in [6.07, 6.45) is 1.70. The lowest BCUT2D eigenvalue weighted by atomic mass is 10.1. The van der Waals surface area contributed by atoms with Crippen LogP contribution in [0.1, 0.15) is 10.4 Å². The van der Waals surface area contributed by atoms with E-state index in [0.717, 1.165) is 10.9 Å². The molecule has 0 bridgehead atoms. The third-order valence-corrected chi connectivity index (χ3v) is 3.44. The number of hydrogen-bond donors (Lipinski definition) is 1. The summed E-state index contributed by atoms with van der Waals surface area (Å²) in [6.45, 7) is 0. The zero-order chi connectivity index (χ0) is 14.8. The fraction of sp³-hybridized carbons (Fsp3) is 0. The Balaban J connectivity index is 1.91. The first-order valence-electron chi connectivity index (χ1n) is 6.25. The largest absolute Gasteiger partial charge is 0.322 e. The van der Waals surface area contributed by atoms with E-state index in [4.69, 9.17) is 11.6 Å². The van der Waals surface area contributed by atoms with Gasteiger partial charge in [-0.3, -0.25) is 9.78 Å². The minimum atomic E-state index is -0.618. The summed E-state index contributed by atoms with van der Waals surface area (Å²) < 4.78 is 13.4. The van der Waals surface area contributed by atoms with Crippen LogP contribution in [0, 0.1) is 5.82 Å². The molecule has 0 atom stereocenters. The summed E-state index contributed by atoms with van der Waals surface area (Å²) in [5.74, 6) is -1.07. The van der Waals surface area contributed by atoms with Gasteiger partial charge in [-0.2, -0.15) is 0 Å². The van der Waals surface area contributed by atoms with Crippen molar-refractivity contribution in [3.8, 4) is 0 Å². The van der Waals surface area contributed by atoms with Crippen molar-refractivity contribution in [2.45, 2.75) is 0 Å². The van der Waals surface area contributed by atoms with Gasteiger partial charge in [0.15, 0.2) is 0 Å². The van der Waals surface area contributed by atoms with Crippen molar-refractivity contribution in [3.63, 3.8) is 0 Å². The summed E-state index contributed by atoms with van der Waals surface area (Å²) >= 11 is 5.80. The summed E-state index contributed by atoms with van der Waals surface area (Å²) in [4.78, 5) is 16.3. The van der Waals surface area contributed by atoms with E-state index in [1.807, 2.05) is 12.1 Å². The molecule has 104 valence electrons. The molecule has 3 rings (SSSR count). The Morgan fingerprint density at radius 1 is 1.14 bits per heavy atom. The van der Waals surface area contributed by atoms with Gasteiger partial charge in [-0.05, 0) is 36.4 Å². The van der Waals surface area contributed by atoms with Crippen LogP contribution in [0.2, 0.25) is 5.02 Å². The predicted octanol–water partition coefficient (Wildman–Crippen LogP) is 4.28. The van der Waals surface area contributed by atoms with Crippen molar-refractivity contribution in [1.29, 1.82) is 0 Å². The molecule has 1 amide bonds. The molecule has 0 spiro atoms. The van der Waals surface area contributed by atoms with E-state index in [0.29, 0.717) is 5.69 Å². The highest BCUT2D eigenvalue weighted by molar-refractivity contribution is 6.34. The fourth-order valence-electron chi connectivity index (χ4n) is 2.03. The standard InChI is InChI=1S/C16H10ClFN2O/c17-15-12(4-1-5-13(15)18)16(21)20-11-6-7-14-10(9-11)3-2-8-19-14/h1-9H,(H,20,21). The molecule has 0 saturated heterocycles. The minimum absolute atomic E-state index is 0.1000. The van der Waals surface area contributed by atoms with E-state index >= 15 is 0 Å². The van der Waals surface area contributed by atoms with Crippen molar-refractivity contribution in [2.24, 2.45) is 0 Å². The highest BCUT2D eigenvalue weighted by Gasteiger charge is 2.13. The number of aromatic nitrogens is 1. The molecule has 2 aromatic carbocycles. The Morgan fingerprint density at radius 2 is 2.00 bits per heavy atom. The molecule has 0 radical (unpaired) electrons. The van der Waals surface area contributed by atoms with Gasteiger partial charge in [0.05, 0.1) is 16.1 Å². The zero-order valence-corrected chi connectivity index (χ0v) is 11.6. The molecule has 21 heavy (non-hydrogen) atoms. The second-order valence-electron chi connectivity index (χ2n) is 4.47. The third kappa shape index (κ3) is 2.71. The third-order valence-electron chi connectivity index (χ3n) is 3.06. The lowest BCUT2D eigenvalue weighted by Crippen LogP contribution is -2.12. The van der Waals surface area contributed by atoms with Crippen LogP contribution in [0.3, 0.4) is 0 Å². The van der Waals surface area contributed by atoms with Crippen molar-refractivity contribution in [3.05, 3.63) is 71.1 Å². The molecule has 3 aromatic rings. The van der Waals surface area contributed by atoms with Crippen molar-refractivity contribution < 1.29 is 9.18 Å². The zero-order valence-electron chi connectivity index (χ0n) is 10.8. The maximum Gasteiger partial charge on any atom is 0.257 e. The quantitative estimate of drug-likeness (QED) is 0.767. The lowest BCUT2D eigenvalue weighted by molar-refractivity contribution is 0.102. The predicted molar refractivity (Wildman–Crippen MR) is 81.1 cm³/mol. The van der Waals surface area contributed by atoms with Crippen LogP contribution >= 0.6 is 11.6 Å². The SMILES string of the molecule is O=C(Nc1ccc2ncccc2c1)c1cccc(F)c1Cl. The Morgan fingerprint density at radius 3 is 2.86 bits per heavy atom. The number of nitrogens with zero attached hydrogens (tertiary/aromatic N) is 1. The molecule has 1 aromatic heterocycles. The fourth-order valence-corrected chi connectivity index (χ4v) is 2.24. The Bertz CT molecular complexity index is 835. The number of anilines is 1. The smallest absolute Gasteiger partial charge is 0.257 e. The van der Waals surface area contributed by atoms with Crippen molar-refractivity contribution in [1.82, 2.24) is 4.98 Å². The minimum Gasteiger partial charge on any atom is -0.322 e. The highest BCUT2D eigenvalue weighted by atomic mass is 35.5. The molecule has 0 saturated carbocycles. The van der Waals surface area contributed by atoms with Crippen LogP contribution in [-0.4, -0.2) is 10.9 Å². The van der Waals surface area contributed by atoms with Gasteiger partial charge in [0, 0.05) is 17.3 Å². The first-order valence-corrected chi connectivity index (χ1v) is 6.63. The molecule has 0 fully saturated rings. The number of hydrogen-bond acceptors (Lipinski definition) is 2. The maximum absolute atomic E-state index is 13.4. The molecule has 0 unspecified atom stereocenters. The molecular formula is C16H10ClFN2O. The first kappa shape index (κ1) is 13.5. The lowest BCUT2D eigenvalue weighted by Gasteiger charge is -2.08. The molecule has 5 heteroatoms. The van der Waals surface area contributed by atoms with Crippen molar-refractivity contribution in [2.75, 3.05) is 5.32 Å². The molecule has 0 aliphatic heterocycles. The number of carbonyl (C=O) groups excluding carboxylic acids is 1. The van der Waals surface area contributed by atoms with Gasteiger partial charge in [-0.15, -0.1) is 0 Å². The highest BCUT2D eigenvalue weighted by Crippen LogP contribution is 2.22. The van der Waals surface area contributed by atoms with Crippen LogP contribution in [0.4, 0.5) is 10.1 Å². The van der Waals surface area contributed by atoms with E-state index in [2.05, 4.69) is 10.3 Å². The molecule has 0 aliphatic rings. The van der Waals surface area contributed by atoms with E-state index < -0.39 is 11.7 Å². The Kier molecular flexibility index (Phi) is 3.54. The summed E-state index contributed by atoms with van der Waals surface area (Å²) in [5.41, 5.74) is 1.53. The molecule has 0 aliphatic carbocycles. The van der Waals surface area contributed by atoms with Gasteiger partial charge in [-0.25, -0.2) is 4.39 Å². The number of amides is 1. The monoisotopic (exact) mass is 300 g/mol. The van der Waals surface area contributed by atoms with Gasteiger partial charge in [0.1, 0.15) is 5.82 Å². The second kappa shape index (κ2) is 5.50. The van der Waals surface area contributed by atoms with Gasteiger partial charge in [-0.1, -0.05) is 23.7 Å². The van der Waals surface area contributed by atoms with Gasteiger partial charge in [0.2, 0.25) is 0 Å². The van der Waals surface area contributed by atoms with Crippen molar-refractivity contribution >= 4 is 34.1 Å². The first-order chi connectivity index (χ1) is 10.1. The topological polar surface area (TPSA) is 42.0 Å². The van der Waals surface area contributed by atoms with Gasteiger partial charge >= 0.3 is 0 Å². The Labute approximate surface area is 125 Å². The maximum atomic E-state index is 13.4. The summed E-state index contributed by atoms with van der Waals surface area (Å²) in [7, 11) is 0. The molecular weight excluding hydrogens is 291 g/mol. The number of carbonyl (C=O) groups is 1. The number of nitrogens with one attached hydrogen (secondary N) is 1. The summed E-state index contributed by atoms with van der Waals surface area (Å²) in [6, 6.07) is 13.2. The molecule has 1 heterocycles. The normalized spacial score (nSPS) is 10.6. The number of pyridine rings is 1. The Hall–Kier alpha value is -2.46.